The van der Waals surface area contributed by atoms with E-state index >= 15 is 0 Å². The van der Waals surface area contributed by atoms with Crippen LogP contribution in [0, 0.1) is 18.8 Å². The van der Waals surface area contributed by atoms with Gasteiger partial charge in [-0.05, 0) is 69.2 Å². The van der Waals surface area contributed by atoms with Gasteiger partial charge in [0.2, 0.25) is 0 Å². The number of piperidine rings is 1. The highest BCUT2D eigenvalue weighted by Gasteiger charge is 2.27. The van der Waals surface area contributed by atoms with Crippen molar-refractivity contribution in [1.82, 2.24) is 4.90 Å². The minimum Gasteiger partial charge on any atom is -0.303 e. The highest BCUT2D eigenvalue weighted by atomic mass is 15.1. The van der Waals surface area contributed by atoms with Gasteiger partial charge in [0.25, 0.3) is 0 Å². The topological polar surface area (TPSA) is 3.24 Å². The van der Waals surface area contributed by atoms with Crippen molar-refractivity contribution in [2.45, 2.75) is 52.5 Å². The summed E-state index contributed by atoms with van der Waals surface area (Å²) in [4.78, 5) is 2.58. The fourth-order valence-electron chi connectivity index (χ4n) is 3.36. The van der Waals surface area contributed by atoms with Crippen LogP contribution in [0.5, 0.6) is 0 Å². The average molecular weight is 259 g/mol. The molecule has 1 aliphatic rings. The van der Waals surface area contributed by atoms with Crippen LogP contribution < -0.4 is 0 Å². The van der Waals surface area contributed by atoms with E-state index in [1.807, 2.05) is 0 Å². The number of rotatable bonds is 4. The molecule has 1 heteroatoms. The Morgan fingerprint density at radius 2 is 2.00 bits per heavy atom. The molecule has 1 aromatic rings. The van der Waals surface area contributed by atoms with Gasteiger partial charge < -0.3 is 4.90 Å². The van der Waals surface area contributed by atoms with Crippen LogP contribution in [0.4, 0.5) is 0 Å². The Bertz CT molecular complexity index is 396. The number of aryl methyl sites for hydroxylation is 2. The molecule has 1 aromatic carbocycles. The van der Waals surface area contributed by atoms with Gasteiger partial charge in [0.15, 0.2) is 0 Å². The van der Waals surface area contributed by atoms with Gasteiger partial charge >= 0.3 is 0 Å². The third kappa shape index (κ3) is 3.82. The molecule has 0 bridgehead atoms. The van der Waals surface area contributed by atoms with Crippen LogP contribution in [0.15, 0.2) is 24.3 Å². The Morgan fingerprint density at radius 3 is 2.68 bits per heavy atom. The molecule has 0 aliphatic carbocycles. The second-order valence-electron chi connectivity index (χ2n) is 6.63. The Hall–Kier alpha value is -0.820. The summed E-state index contributed by atoms with van der Waals surface area (Å²) in [5, 5.41) is 0. The van der Waals surface area contributed by atoms with Crippen molar-refractivity contribution < 1.29 is 0 Å². The molecule has 1 saturated heterocycles. The molecule has 0 spiro atoms. The van der Waals surface area contributed by atoms with E-state index in [4.69, 9.17) is 0 Å². The molecule has 106 valence electrons. The van der Waals surface area contributed by atoms with Crippen LogP contribution in [0.3, 0.4) is 0 Å². The van der Waals surface area contributed by atoms with E-state index in [0.29, 0.717) is 0 Å². The smallest absolute Gasteiger partial charge is 0.00981 e. The number of likely N-dealkylation sites (tertiary alicyclic amines) is 1. The predicted octanol–water partition coefficient (Wildman–Crippen LogP) is 4.29. The summed E-state index contributed by atoms with van der Waals surface area (Å²) in [6.07, 6.45) is 5.31. The maximum atomic E-state index is 2.58. The minimum atomic E-state index is 0.778. The maximum absolute atomic E-state index is 2.58. The van der Waals surface area contributed by atoms with Crippen LogP contribution in [-0.2, 0) is 6.42 Å². The van der Waals surface area contributed by atoms with Crippen molar-refractivity contribution in [3.8, 4) is 0 Å². The van der Waals surface area contributed by atoms with Crippen molar-refractivity contribution in [2.75, 3.05) is 13.6 Å². The van der Waals surface area contributed by atoms with Gasteiger partial charge in [-0.15, -0.1) is 0 Å². The Labute approximate surface area is 119 Å². The molecule has 2 unspecified atom stereocenters. The average Bonchev–Trinajstić information content (AvgIpc) is 2.39. The summed E-state index contributed by atoms with van der Waals surface area (Å²) in [6, 6.07) is 9.61. The van der Waals surface area contributed by atoms with Crippen LogP contribution in [0.2, 0.25) is 0 Å². The summed E-state index contributed by atoms with van der Waals surface area (Å²) in [5.74, 6) is 1.77. The van der Waals surface area contributed by atoms with Gasteiger partial charge in [0, 0.05) is 6.04 Å². The number of nitrogens with zero attached hydrogens (tertiary/aromatic N) is 1. The molecule has 0 N–H and O–H groups in total. The SMILES string of the molecule is Cc1ccccc1CCC1CC(C(C)C)CCN1C. The lowest BCUT2D eigenvalue weighted by atomic mass is 9.81. The zero-order valence-corrected chi connectivity index (χ0v) is 13.0. The summed E-state index contributed by atoms with van der Waals surface area (Å²) in [7, 11) is 2.30. The van der Waals surface area contributed by atoms with E-state index in [9.17, 15) is 0 Å². The second kappa shape index (κ2) is 6.56. The maximum Gasteiger partial charge on any atom is 0.00981 e. The summed E-state index contributed by atoms with van der Waals surface area (Å²) < 4.78 is 0. The Balaban J connectivity index is 1.92. The van der Waals surface area contributed by atoms with Crippen LogP contribution in [0.1, 0.15) is 44.2 Å². The van der Waals surface area contributed by atoms with Crippen molar-refractivity contribution in [2.24, 2.45) is 11.8 Å². The lowest BCUT2D eigenvalue weighted by molar-refractivity contribution is 0.112. The molecular weight excluding hydrogens is 230 g/mol. The molecule has 0 radical (unpaired) electrons. The van der Waals surface area contributed by atoms with Gasteiger partial charge in [0.05, 0.1) is 0 Å². The van der Waals surface area contributed by atoms with Gasteiger partial charge in [-0.3, -0.25) is 0 Å². The summed E-state index contributed by atoms with van der Waals surface area (Å²) in [6.45, 7) is 8.28. The number of hydrogen-bond acceptors (Lipinski definition) is 1. The lowest BCUT2D eigenvalue weighted by Crippen LogP contribution is -2.41. The first-order chi connectivity index (χ1) is 9.08. The van der Waals surface area contributed by atoms with Crippen molar-refractivity contribution >= 4 is 0 Å². The zero-order valence-electron chi connectivity index (χ0n) is 13.0. The quantitative estimate of drug-likeness (QED) is 0.779. The molecule has 0 amide bonds. The summed E-state index contributed by atoms with van der Waals surface area (Å²) >= 11 is 0. The first kappa shape index (κ1) is 14.6. The largest absolute Gasteiger partial charge is 0.303 e. The minimum absolute atomic E-state index is 0.778. The zero-order chi connectivity index (χ0) is 13.8. The molecule has 1 heterocycles. The number of benzene rings is 1. The fraction of sp³-hybridized carbons (Fsp3) is 0.667. The first-order valence-electron chi connectivity index (χ1n) is 7.82. The van der Waals surface area contributed by atoms with E-state index in [-0.39, 0.29) is 0 Å². The molecule has 2 rings (SSSR count). The van der Waals surface area contributed by atoms with Crippen molar-refractivity contribution in [3.05, 3.63) is 35.4 Å². The lowest BCUT2D eigenvalue weighted by Gasteiger charge is -2.39. The van der Waals surface area contributed by atoms with Crippen LogP contribution in [-0.4, -0.2) is 24.5 Å². The molecule has 1 nitrogen and oxygen atoms in total. The van der Waals surface area contributed by atoms with E-state index in [1.54, 1.807) is 0 Å². The van der Waals surface area contributed by atoms with E-state index < -0.39 is 0 Å². The Kier molecular flexibility index (Phi) is 5.04. The van der Waals surface area contributed by atoms with Crippen LogP contribution >= 0.6 is 0 Å². The highest BCUT2D eigenvalue weighted by Crippen LogP contribution is 2.30. The molecule has 0 aromatic heterocycles. The molecule has 2 atom stereocenters. The molecule has 19 heavy (non-hydrogen) atoms. The van der Waals surface area contributed by atoms with Gasteiger partial charge in [-0.1, -0.05) is 38.1 Å². The second-order valence-corrected chi connectivity index (χ2v) is 6.63. The third-order valence-corrected chi connectivity index (χ3v) is 5.00. The van der Waals surface area contributed by atoms with Gasteiger partial charge in [-0.2, -0.15) is 0 Å². The third-order valence-electron chi connectivity index (χ3n) is 5.00. The normalized spacial score (nSPS) is 24.9. The van der Waals surface area contributed by atoms with E-state index in [2.05, 4.69) is 57.0 Å². The van der Waals surface area contributed by atoms with Crippen LogP contribution in [0.25, 0.3) is 0 Å². The van der Waals surface area contributed by atoms with Crippen molar-refractivity contribution in [3.63, 3.8) is 0 Å². The predicted molar refractivity (Wildman–Crippen MR) is 83.5 cm³/mol. The Morgan fingerprint density at radius 1 is 1.26 bits per heavy atom. The summed E-state index contributed by atoms with van der Waals surface area (Å²) in [5.41, 5.74) is 2.98. The molecular formula is C18H29N. The molecule has 1 fully saturated rings. The van der Waals surface area contributed by atoms with Gasteiger partial charge in [-0.25, -0.2) is 0 Å². The van der Waals surface area contributed by atoms with Crippen molar-refractivity contribution in [1.29, 1.82) is 0 Å². The standard InChI is InChI=1S/C18H29N/c1-14(2)17-11-12-19(4)18(13-17)10-9-16-8-6-5-7-15(16)3/h5-8,14,17-18H,9-13H2,1-4H3. The fourth-order valence-corrected chi connectivity index (χ4v) is 3.36. The van der Waals surface area contributed by atoms with E-state index in [1.165, 1.54) is 43.4 Å². The highest BCUT2D eigenvalue weighted by molar-refractivity contribution is 5.25. The number of hydrogen-bond donors (Lipinski definition) is 0. The van der Waals surface area contributed by atoms with E-state index in [0.717, 1.165) is 17.9 Å². The monoisotopic (exact) mass is 259 g/mol. The first-order valence-corrected chi connectivity index (χ1v) is 7.82. The van der Waals surface area contributed by atoms with Gasteiger partial charge in [0.1, 0.15) is 0 Å². The molecule has 1 aliphatic heterocycles. The molecule has 0 saturated carbocycles.